The molecule has 1 atom stereocenters. The van der Waals surface area contributed by atoms with E-state index >= 15 is 0 Å². The molecule has 0 radical (unpaired) electrons. The van der Waals surface area contributed by atoms with E-state index in [1.807, 2.05) is 54.6 Å². The maximum atomic E-state index is 11.5. The van der Waals surface area contributed by atoms with Gasteiger partial charge >= 0.3 is 0 Å². The van der Waals surface area contributed by atoms with E-state index in [4.69, 9.17) is 9.47 Å². The first-order valence-electron chi connectivity index (χ1n) is 8.45. The molecule has 0 unspecified atom stereocenters. The summed E-state index contributed by atoms with van der Waals surface area (Å²) in [4.78, 5) is 2.35. The zero-order valence-electron chi connectivity index (χ0n) is 14.1. The van der Waals surface area contributed by atoms with Crippen LogP contribution in [0.1, 0.15) is 17.5 Å². The van der Waals surface area contributed by atoms with Gasteiger partial charge in [0.1, 0.15) is 11.4 Å². The normalized spacial score (nSPS) is 18.1. The fourth-order valence-electron chi connectivity index (χ4n) is 3.18. The van der Waals surface area contributed by atoms with Gasteiger partial charge in [-0.2, -0.15) is 0 Å². The molecule has 3 rings (SSSR count). The molecule has 1 heterocycles. The summed E-state index contributed by atoms with van der Waals surface area (Å²) in [6.07, 6.45) is 0.642. The highest BCUT2D eigenvalue weighted by molar-refractivity contribution is 5.38. The van der Waals surface area contributed by atoms with Crippen LogP contribution in [-0.2, 0) is 10.3 Å². The first kappa shape index (κ1) is 17.0. The fraction of sp³-hybridized carbons (Fsp3) is 0.400. The van der Waals surface area contributed by atoms with Crippen LogP contribution < -0.4 is 4.74 Å². The van der Waals surface area contributed by atoms with Crippen molar-refractivity contribution in [1.29, 1.82) is 0 Å². The second-order valence-corrected chi connectivity index (χ2v) is 6.16. The smallest absolute Gasteiger partial charge is 0.118 e. The quantitative estimate of drug-likeness (QED) is 0.886. The number of methoxy groups -OCH3 is 1. The zero-order valence-corrected chi connectivity index (χ0v) is 14.1. The summed E-state index contributed by atoms with van der Waals surface area (Å²) in [5, 5.41) is 11.5. The molecule has 0 aromatic heterocycles. The van der Waals surface area contributed by atoms with Gasteiger partial charge in [-0.25, -0.2) is 0 Å². The number of rotatable bonds is 6. The van der Waals surface area contributed by atoms with Gasteiger partial charge in [0, 0.05) is 19.6 Å². The van der Waals surface area contributed by atoms with Crippen molar-refractivity contribution in [1.82, 2.24) is 4.90 Å². The van der Waals surface area contributed by atoms with Gasteiger partial charge in [-0.1, -0.05) is 42.5 Å². The number of hydrogen-bond acceptors (Lipinski definition) is 4. The lowest BCUT2D eigenvalue weighted by atomic mass is 9.83. The summed E-state index contributed by atoms with van der Waals surface area (Å²) in [5.41, 5.74) is 0.803. The van der Waals surface area contributed by atoms with E-state index in [1.54, 1.807) is 7.11 Å². The van der Waals surface area contributed by atoms with Gasteiger partial charge in [0.2, 0.25) is 0 Å². The Morgan fingerprint density at radius 1 is 1.00 bits per heavy atom. The van der Waals surface area contributed by atoms with E-state index in [0.717, 1.165) is 49.7 Å². The molecule has 4 heteroatoms. The number of hydrogen-bond donors (Lipinski definition) is 1. The molecule has 0 bridgehead atoms. The summed E-state index contributed by atoms with van der Waals surface area (Å²) in [7, 11) is 1.65. The van der Waals surface area contributed by atoms with Crippen molar-refractivity contribution < 1.29 is 14.6 Å². The molecule has 128 valence electrons. The minimum absolute atomic E-state index is 0.642. The molecule has 1 fully saturated rings. The predicted molar refractivity (Wildman–Crippen MR) is 94.3 cm³/mol. The Morgan fingerprint density at radius 3 is 2.25 bits per heavy atom. The van der Waals surface area contributed by atoms with Gasteiger partial charge in [0.25, 0.3) is 0 Å². The monoisotopic (exact) mass is 327 g/mol. The van der Waals surface area contributed by atoms with Gasteiger partial charge in [-0.05, 0) is 29.7 Å². The van der Waals surface area contributed by atoms with Crippen LogP contribution in [-0.4, -0.2) is 50.0 Å². The molecule has 2 aromatic carbocycles. The molecule has 4 nitrogen and oxygen atoms in total. The second-order valence-electron chi connectivity index (χ2n) is 6.16. The molecule has 1 aliphatic heterocycles. The highest BCUT2D eigenvalue weighted by Crippen LogP contribution is 2.34. The third-order valence-electron chi connectivity index (χ3n) is 4.71. The van der Waals surface area contributed by atoms with Gasteiger partial charge in [-0.3, -0.25) is 4.90 Å². The van der Waals surface area contributed by atoms with Crippen LogP contribution in [0.4, 0.5) is 0 Å². The molecule has 0 spiro atoms. The van der Waals surface area contributed by atoms with Gasteiger partial charge in [-0.15, -0.1) is 0 Å². The number of ether oxygens (including phenoxy) is 2. The van der Waals surface area contributed by atoms with Gasteiger partial charge in [0.05, 0.1) is 20.3 Å². The lowest BCUT2D eigenvalue weighted by Crippen LogP contribution is -2.40. The molecule has 0 amide bonds. The van der Waals surface area contributed by atoms with Crippen molar-refractivity contribution in [2.45, 2.75) is 12.0 Å². The highest BCUT2D eigenvalue weighted by atomic mass is 16.5. The molecular weight excluding hydrogens is 302 g/mol. The Bertz CT molecular complexity index is 623. The first-order chi connectivity index (χ1) is 11.7. The standard InChI is InChI=1S/C20H25NO3/c1-23-19-9-7-18(8-10-19)20(22,17-5-3-2-4-6-17)11-12-21-13-15-24-16-14-21/h2-10,22H,11-16H2,1H3/t20-/m0/s1. The maximum absolute atomic E-state index is 11.5. The number of aliphatic hydroxyl groups is 1. The minimum atomic E-state index is -1.01. The van der Waals surface area contributed by atoms with Crippen molar-refractivity contribution in [2.75, 3.05) is 40.0 Å². The van der Waals surface area contributed by atoms with E-state index in [9.17, 15) is 5.11 Å². The molecule has 0 aliphatic carbocycles. The SMILES string of the molecule is COc1ccc([C@](O)(CCN2CCOCC2)c2ccccc2)cc1. The molecule has 24 heavy (non-hydrogen) atoms. The van der Waals surface area contributed by atoms with E-state index in [2.05, 4.69) is 4.90 Å². The number of morpholine rings is 1. The zero-order chi connectivity index (χ0) is 16.8. The first-order valence-corrected chi connectivity index (χ1v) is 8.45. The lowest BCUT2D eigenvalue weighted by molar-refractivity contribution is 0.0143. The second kappa shape index (κ2) is 7.79. The molecule has 1 N–H and O–H groups in total. The van der Waals surface area contributed by atoms with Crippen LogP contribution in [0.25, 0.3) is 0 Å². The third kappa shape index (κ3) is 3.78. The van der Waals surface area contributed by atoms with Crippen molar-refractivity contribution in [3.63, 3.8) is 0 Å². The Hall–Kier alpha value is -1.88. The third-order valence-corrected chi connectivity index (χ3v) is 4.71. The lowest BCUT2D eigenvalue weighted by Gasteiger charge is -2.33. The Labute approximate surface area is 143 Å². The van der Waals surface area contributed by atoms with Crippen LogP contribution in [0, 0.1) is 0 Å². The topological polar surface area (TPSA) is 41.9 Å². The largest absolute Gasteiger partial charge is 0.497 e. The van der Waals surface area contributed by atoms with E-state index in [-0.39, 0.29) is 0 Å². The Kier molecular flexibility index (Phi) is 5.51. The highest BCUT2D eigenvalue weighted by Gasteiger charge is 2.32. The van der Waals surface area contributed by atoms with Crippen LogP contribution in [0.2, 0.25) is 0 Å². The molecule has 0 saturated carbocycles. The minimum Gasteiger partial charge on any atom is -0.497 e. The van der Waals surface area contributed by atoms with E-state index in [1.165, 1.54) is 0 Å². The summed E-state index contributed by atoms with van der Waals surface area (Å²) in [6.45, 7) is 4.22. The van der Waals surface area contributed by atoms with Gasteiger partial charge < -0.3 is 14.6 Å². The maximum Gasteiger partial charge on any atom is 0.118 e. The molecule has 1 saturated heterocycles. The van der Waals surface area contributed by atoms with Crippen molar-refractivity contribution in [3.05, 3.63) is 65.7 Å². The summed E-state index contributed by atoms with van der Waals surface area (Å²) in [5.74, 6) is 0.794. The van der Waals surface area contributed by atoms with Crippen molar-refractivity contribution in [2.24, 2.45) is 0 Å². The summed E-state index contributed by atoms with van der Waals surface area (Å²) < 4.78 is 10.6. The van der Waals surface area contributed by atoms with Crippen molar-refractivity contribution in [3.8, 4) is 5.75 Å². The Balaban J connectivity index is 1.85. The van der Waals surface area contributed by atoms with Crippen LogP contribution in [0.15, 0.2) is 54.6 Å². The van der Waals surface area contributed by atoms with Crippen LogP contribution in [0.3, 0.4) is 0 Å². The van der Waals surface area contributed by atoms with Crippen molar-refractivity contribution >= 4 is 0 Å². The van der Waals surface area contributed by atoms with Crippen LogP contribution >= 0.6 is 0 Å². The average Bonchev–Trinajstić information content (AvgIpc) is 2.68. The number of nitrogens with zero attached hydrogens (tertiary/aromatic N) is 1. The molecule has 1 aliphatic rings. The van der Waals surface area contributed by atoms with E-state index in [0.29, 0.717) is 6.42 Å². The predicted octanol–water partition coefficient (Wildman–Crippen LogP) is 2.65. The molecular formula is C20H25NO3. The summed E-state index contributed by atoms with van der Waals surface area (Å²) in [6, 6.07) is 17.6. The summed E-state index contributed by atoms with van der Waals surface area (Å²) >= 11 is 0. The van der Waals surface area contributed by atoms with Crippen LogP contribution in [0.5, 0.6) is 5.75 Å². The van der Waals surface area contributed by atoms with Gasteiger partial charge in [0.15, 0.2) is 0 Å². The molecule has 2 aromatic rings. The average molecular weight is 327 g/mol. The number of benzene rings is 2. The van der Waals surface area contributed by atoms with E-state index < -0.39 is 5.60 Å². The fourth-order valence-corrected chi connectivity index (χ4v) is 3.18. The Morgan fingerprint density at radius 2 is 1.62 bits per heavy atom.